The van der Waals surface area contributed by atoms with Gasteiger partial charge in [0.2, 0.25) is 11.8 Å². The summed E-state index contributed by atoms with van der Waals surface area (Å²) in [5, 5.41) is 8.37. The van der Waals surface area contributed by atoms with Crippen LogP contribution in [-0.4, -0.2) is 40.0 Å². The first kappa shape index (κ1) is 18.5. The molecule has 0 radical (unpaired) electrons. The first-order chi connectivity index (χ1) is 12.2. The van der Waals surface area contributed by atoms with Crippen molar-refractivity contribution in [1.82, 2.24) is 15.1 Å². The number of carbonyl (C=O) groups excluding carboxylic acids is 1. The largest absolute Gasteiger partial charge is 0.444 e. The van der Waals surface area contributed by atoms with Gasteiger partial charge in [-0.2, -0.15) is 0 Å². The Morgan fingerprint density at radius 3 is 2.54 bits per heavy atom. The van der Waals surface area contributed by atoms with Crippen LogP contribution in [-0.2, 0) is 4.74 Å². The van der Waals surface area contributed by atoms with E-state index in [4.69, 9.17) is 9.15 Å². The van der Waals surface area contributed by atoms with Gasteiger partial charge < -0.3 is 9.15 Å². The Hall–Kier alpha value is -2.31. The average Bonchev–Trinajstić information content (AvgIpc) is 3.22. The predicted octanol–water partition coefficient (Wildman–Crippen LogP) is 3.77. The van der Waals surface area contributed by atoms with Gasteiger partial charge in [-0.3, -0.25) is 4.90 Å². The van der Waals surface area contributed by atoms with Gasteiger partial charge in [-0.05, 0) is 33.6 Å². The molecule has 0 saturated carbocycles. The third-order valence-corrected chi connectivity index (χ3v) is 4.43. The number of nitrogens with zero attached hydrogens (tertiary/aromatic N) is 3. The van der Waals surface area contributed by atoms with Crippen LogP contribution in [0.4, 0.5) is 4.79 Å². The summed E-state index contributed by atoms with van der Waals surface area (Å²) in [6.07, 6.45) is 1.36. The van der Waals surface area contributed by atoms with Crippen molar-refractivity contribution in [2.75, 3.05) is 6.54 Å². The lowest BCUT2D eigenvalue weighted by Crippen LogP contribution is -2.36. The number of likely N-dealkylation sites (tertiary alicyclic amines) is 1. The molecule has 138 valence electrons. The van der Waals surface area contributed by atoms with Gasteiger partial charge in [0.1, 0.15) is 11.6 Å². The fraction of sp³-hybridized carbons (Fsp3) is 0.526. The molecule has 6 nitrogen and oxygen atoms in total. The minimum Gasteiger partial charge on any atom is -0.444 e. The summed E-state index contributed by atoms with van der Waals surface area (Å²) in [5.74, 6) is 0.947. The summed E-state index contributed by atoms with van der Waals surface area (Å²) in [5.41, 5.74) is 1.62. The number of ether oxygens (including phenoxy) is 1. The zero-order valence-electron chi connectivity index (χ0n) is 16.2. The van der Waals surface area contributed by atoms with E-state index < -0.39 is 5.60 Å². The first-order valence-corrected chi connectivity index (χ1v) is 9.18. The van der Waals surface area contributed by atoms with Crippen molar-refractivity contribution >= 4 is 18.3 Å². The molecule has 7 heteroatoms. The molecular weight excluding hydrogens is 329 g/mol. The van der Waals surface area contributed by atoms with Gasteiger partial charge >= 0.3 is 6.09 Å². The van der Waals surface area contributed by atoms with Gasteiger partial charge in [-0.1, -0.05) is 43.4 Å². The SMILES string of the molecule is CB(C)c1ccc(-c2nnc([C@H]3CCCN3C(=O)OC(C)(C)C)o2)cc1. The van der Waals surface area contributed by atoms with E-state index in [0.29, 0.717) is 25.0 Å². The molecular formula is C19H26BN3O3. The van der Waals surface area contributed by atoms with E-state index in [1.54, 1.807) is 4.90 Å². The second-order valence-electron chi connectivity index (χ2n) is 8.05. The number of rotatable bonds is 3. The smallest absolute Gasteiger partial charge is 0.410 e. The molecule has 1 aromatic heterocycles. The van der Waals surface area contributed by atoms with E-state index in [1.165, 1.54) is 5.46 Å². The Morgan fingerprint density at radius 1 is 1.23 bits per heavy atom. The Kier molecular flexibility index (Phi) is 5.07. The lowest BCUT2D eigenvalue weighted by molar-refractivity contribution is 0.0204. The van der Waals surface area contributed by atoms with Crippen LogP contribution in [0.1, 0.15) is 45.5 Å². The van der Waals surface area contributed by atoms with Gasteiger partial charge in [-0.15, -0.1) is 10.2 Å². The number of hydrogen-bond donors (Lipinski definition) is 0. The molecule has 0 N–H and O–H groups in total. The van der Waals surface area contributed by atoms with Gasteiger partial charge in [-0.25, -0.2) is 4.79 Å². The molecule has 1 aliphatic heterocycles. The van der Waals surface area contributed by atoms with E-state index in [1.807, 2.05) is 32.9 Å². The summed E-state index contributed by atoms with van der Waals surface area (Å²) in [7, 11) is 0. The molecule has 1 aromatic carbocycles. The van der Waals surface area contributed by atoms with Crippen LogP contribution in [0.5, 0.6) is 0 Å². The van der Waals surface area contributed by atoms with E-state index >= 15 is 0 Å². The van der Waals surface area contributed by atoms with Crippen LogP contribution >= 0.6 is 0 Å². The van der Waals surface area contributed by atoms with E-state index in [2.05, 4.69) is 36.0 Å². The quantitative estimate of drug-likeness (QED) is 0.784. The van der Waals surface area contributed by atoms with Gasteiger partial charge in [0.15, 0.2) is 6.71 Å². The Morgan fingerprint density at radius 2 is 1.92 bits per heavy atom. The molecule has 0 aliphatic carbocycles. The lowest BCUT2D eigenvalue weighted by atomic mass is 9.49. The molecule has 1 amide bonds. The van der Waals surface area contributed by atoms with Crippen LogP contribution in [0.2, 0.25) is 13.6 Å². The highest BCUT2D eigenvalue weighted by Gasteiger charge is 2.36. The summed E-state index contributed by atoms with van der Waals surface area (Å²) in [6, 6.07) is 7.92. The number of amides is 1. The highest BCUT2D eigenvalue weighted by Crippen LogP contribution is 2.33. The Balaban J connectivity index is 1.77. The summed E-state index contributed by atoms with van der Waals surface area (Å²) in [4.78, 5) is 14.1. The number of aromatic nitrogens is 2. The zero-order valence-corrected chi connectivity index (χ0v) is 16.2. The predicted molar refractivity (Wildman–Crippen MR) is 102 cm³/mol. The van der Waals surface area contributed by atoms with E-state index in [9.17, 15) is 4.79 Å². The Bertz CT molecular complexity index is 765. The first-order valence-electron chi connectivity index (χ1n) is 9.18. The van der Waals surface area contributed by atoms with Crippen molar-refractivity contribution in [3.63, 3.8) is 0 Å². The summed E-state index contributed by atoms with van der Waals surface area (Å²) < 4.78 is 11.4. The standard InChI is InChI=1S/C19H26BN3O3/c1-19(2,3)26-18(24)23-12-6-7-15(23)17-22-21-16(25-17)13-8-10-14(11-9-13)20(4)5/h8-11,15H,6-7,12H2,1-5H3/t15-/m1/s1. The maximum atomic E-state index is 12.4. The van der Waals surface area contributed by atoms with Crippen LogP contribution in [0.15, 0.2) is 28.7 Å². The van der Waals surface area contributed by atoms with Crippen molar-refractivity contribution in [3.8, 4) is 11.5 Å². The van der Waals surface area contributed by atoms with E-state index in [-0.39, 0.29) is 12.1 Å². The van der Waals surface area contributed by atoms with Crippen molar-refractivity contribution in [1.29, 1.82) is 0 Å². The zero-order chi connectivity index (χ0) is 18.9. The molecule has 1 fully saturated rings. The number of carbonyl (C=O) groups is 1. The fourth-order valence-electron chi connectivity index (χ4n) is 3.06. The van der Waals surface area contributed by atoms with Gasteiger partial charge in [0, 0.05) is 12.1 Å². The second-order valence-corrected chi connectivity index (χ2v) is 8.05. The second kappa shape index (κ2) is 7.13. The van der Waals surface area contributed by atoms with Crippen LogP contribution in [0, 0.1) is 0 Å². The van der Waals surface area contributed by atoms with Gasteiger partial charge in [0.05, 0.1) is 0 Å². The van der Waals surface area contributed by atoms with Gasteiger partial charge in [0.25, 0.3) is 0 Å². The average molecular weight is 355 g/mol. The topological polar surface area (TPSA) is 68.5 Å². The van der Waals surface area contributed by atoms with E-state index in [0.717, 1.165) is 18.4 Å². The van der Waals surface area contributed by atoms with Crippen molar-refractivity contribution < 1.29 is 13.9 Å². The van der Waals surface area contributed by atoms with Crippen molar-refractivity contribution in [2.45, 2.75) is 58.9 Å². The molecule has 0 spiro atoms. The van der Waals surface area contributed by atoms with Crippen molar-refractivity contribution in [2.24, 2.45) is 0 Å². The summed E-state index contributed by atoms with van der Waals surface area (Å²) in [6.45, 7) is 11.0. The number of hydrogen-bond acceptors (Lipinski definition) is 5. The maximum absolute atomic E-state index is 12.4. The molecule has 2 heterocycles. The highest BCUT2D eigenvalue weighted by molar-refractivity contribution is 6.70. The minimum absolute atomic E-state index is 0.221. The Labute approximate surface area is 155 Å². The molecule has 0 unspecified atom stereocenters. The van der Waals surface area contributed by atoms with Crippen LogP contribution in [0.25, 0.3) is 11.5 Å². The monoisotopic (exact) mass is 355 g/mol. The van der Waals surface area contributed by atoms with Crippen molar-refractivity contribution in [3.05, 3.63) is 30.2 Å². The molecule has 1 aliphatic rings. The normalized spacial score (nSPS) is 17.4. The third kappa shape index (κ3) is 4.08. The maximum Gasteiger partial charge on any atom is 0.410 e. The molecule has 1 atom stereocenters. The molecule has 1 saturated heterocycles. The minimum atomic E-state index is -0.525. The molecule has 26 heavy (non-hydrogen) atoms. The lowest BCUT2D eigenvalue weighted by Gasteiger charge is -2.27. The molecule has 0 bridgehead atoms. The number of benzene rings is 1. The third-order valence-electron chi connectivity index (χ3n) is 4.43. The van der Waals surface area contributed by atoms with Crippen LogP contribution in [0.3, 0.4) is 0 Å². The summed E-state index contributed by atoms with van der Waals surface area (Å²) >= 11 is 0. The van der Waals surface area contributed by atoms with Crippen LogP contribution < -0.4 is 5.46 Å². The molecule has 3 rings (SSSR count). The molecule has 2 aromatic rings. The fourth-order valence-corrected chi connectivity index (χ4v) is 3.06. The highest BCUT2D eigenvalue weighted by atomic mass is 16.6.